The average molecular weight is 471 g/mol. The molecule has 34 heavy (non-hydrogen) atoms. The first-order chi connectivity index (χ1) is 16.4. The van der Waals surface area contributed by atoms with Gasteiger partial charge >= 0.3 is 0 Å². The van der Waals surface area contributed by atoms with E-state index >= 15 is 0 Å². The van der Waals surface area contributed by atoms with Crippen molar-refractivity contribution in [1.29, 1.82) is 0 Å². The number of nitrogens with one attached hydrogen (secondary N) is 1. The van der Waals surface area contributed by atoms with Gasteiger partial charge < -0.3 is 9.88 Å². The Labute approximate surface area is 201 Å². The molecule has 1 amide bonds. The molecule has 7 heteroatoms. The van der Waals surface area contributed by atoms with Crippen molar-refractivity contribution in [3.63, 3.8) is 0 Å². The number of hydrogen-bond acceptors (Lipinski definition) is 3. The van der Waals surface area contributed by atoms with E-state index in [0.717, 1.165) is 27.6 Å². The summed E-state index contributed by atoms with van der Waals surface area (Å²) < 4.78 is 3.34. The fraction of sp³-hybridized carbons (Fsp3) is 0.148. The van der Waals surface area contributed by atoms with Crippen LogP contribution in [0.3, 0.4) is 0 Å². The second-order valence-corrected chi connectivity index (χ2v) is 8.91. The molecule has 3 aromatic carbocycles. The zero-order valence-corrected chi connectivity index (χ0v) is 19.6. The van der Waals surface area contributed by atoms with Gasteiger partial charge in [-0.05, 0) is 49.2 Å². The number of aromatic nitrogens is 3. The van der Waals surface area contributed by atoms with E-state index in [0.29, 0.717) is 28.3 Å². The molecule has 0 radical (unpaired) electrons. The van der Waals surface area contributed by atoms with E-state index in [1.54, 1.807) is 27.6 Å². The highest BCUT2D eigenvalue weighted by molar-refractivity contribution is 6.31. The van der Waals surface area contributed by atoms with Crippen molar-refractivity contribution in [2.45, 2.75) is 26.9 Å². The van der Waals surface area contributed by atoms with Gasteiger partial charge in [-0.1, -0.05) is 59.6 Å². The molecule has 0 aliphatic carbocycles. The smallest absolute Gasteiger partial charge is 0.278 e. The third kappa shape index (κ3) is 4.08. The van der Waals surface area contributed by atoms with Gasteiger partial charge in [0.05, 0.1) is 18.4 Å². The van der Waals surface area contributed by atoms with Crippen LogP contribution in [0.25, 0.3) is 21.9 Å². The SMILES string of the molecule is Cc1ccc2c(c1)c1ncn(Cc3ccccc3)c(=O)c1n2CC(=O)Nc1cc(Cl)ccc1C. The lowest BCUT2D eigenvalue weighted by atomic mass is 10.1. The Kier molecular flexibility index (Phi) is 5.67. The Morgan fingerprint density at radius 2 is 1.82 bits per heavy atom. The maximum atomic E-state index is 13.6. The molecule has 0 atom stereocenters. The van der Waals surface area contributed by atoms with Gasteiger partial charge in [-0.25, -0.2) is 4.98 Å². The molecule has 5 rings (SSSR count). The summed E-state index contributed by atoms with van der Waals surface area (Å²) >= 11 is 6.11. The second-order valence-electron chi connectivity index (χ2n) is 8.47. The number of fused-ring (bicyclic) bond motifs is 3. The highest BCUT2D eigenvalue weighted by Crippen LogP contribution is 2.27. The molecule has 0 aliphatic rings. The molecule has 2 aromatic heterocycles. The summed E-state index contributed by atoms with van der Waals surface area (Å²) in [5, 5.41) is 4.33. The topological polar surface area (TPSA) is 68.9 Å². The van der Waals surface area contributed by atoms with Gasteiger partial charge in [0.1, 0.15) is 17.6 Å². The predicted octanol–water partition coefficient (Wildman–Crippen LogP) is 5.31. The van der Waals surface area contributed by atoms with Crippen molar-refractivity contribution >= 4 is 45.1 Å². The Bertz CT molecular complexity index is 1600. The summed E-state index contributed by atoms with van der Waals surface area (Å²) in [5.41, 5.74) is 5.22. The van der Waals surface area contributed by atoms with Gasteiger partial charge in [-0.2, -0.15) is 0 Å². The fourth-order valence-corrected chi connectivity index (χ4v) is 4.41. The Morgan fingerprint density at radius 1 is 1.03 bits per heavy atom. The van der Waals surface area contributed by atoms with Crippen LogP contribution in [0.1, 0.15) is 16.7 Å². The van der Waals surface area contributed by atoms with Gasteiger partial charge in [0.25, 0.3) is 5.56 Å². The number of benzene rings is 3. The van der Waals surface area contributed by atoms with Gasteiger partial charge in [-0.15, -0.1) is 0 Å². The molecule has 0 spiro atoms. The van der Waals surface area contributed by atoms with Crippen molar-refractivity contribution in [3.8, 4) is 0 Å². The lowest BCUT2D eigenvalue weighted by Crippen LogP contribution is -2.25. The molecule has 2 heterocycles. The summed E-state index contributed by atoms with van der Waals surface area (Å²) in [6, 6.07) is 21.0. The van der Waals surface area contributed by atoms with Gasteiger partial charge in [0.2, 0.25) is 5.91 Å². The average Bonchev–Trinajstić information content (AvgIpc) is 3.12. The molecule has 5 aromatic rings. The van der Waals surface area contributed by atoms with Crippen molar-refractivity contribution in [2.24, 2.45) is 0 Å². The summed E-state index contributed by atoms with van der Waals surface area (Å²) in [5.74, 6) is -0.248. The molecule has 0 fully saturated rings. The maximum Gasteiger partial charge on any atom is 0.278 e. The van der Waals surface area contributed by atoms with E-state index < -0.39 is 0 Å². The number of carbonyl (C=O) groups is 1. The van der Waals surface area contributed by atoms with Gasteiger partial charge in [-0.3, -0.25) is 14.2 Å². The van der Waals surface area contributed by atoms with Gasteiger partial charge in [0, 0.05) is 16.1 Å². The van der Waals surface area contributed by atoms with Crippen molar-refractivity contribution in [2.75, 3.05) is 5.32 Å². The van der Waals surface area contributed by atoms with Crippen LogP contribution in [-0.4, -0.2) is 20.0 Å². The normalized spacial score (nSPS) is 11.3. The molecule has 0 aliphatic heterocycles. The van der Waals surface area contributed by atoms with Crippen LogP contribution in [0, 0.1) is 13.8 Å². The molecule has 0 saturated heterocycles. The summed E-state index contributed by atoms with van der Waals surface area (Å²) in [6.45, 7) is 4.27. The zero-order chi connectivity index (χ0) is 23.8. The number of amides is 1. The first-order valence-corrected chi connectivity index (χ1v) is 11.4. The van der Waals surface area contributed by atoms with Crippen LogP contribution >= 0.6 is 11.6 Å². The molecular formula is C27H23ClN4O2. The molecule has 1 N–H and O–H groups in total. The van der Waals surface area contributed by atoms with Crippen LogP contribution in [-0.2, 0) is 17.9 Å². The largest absolute Gasteiger partial charge is 0.325 e. The summed E-state index contributed by atoms with van der Waals surface area (Å²) in [4.78, 5) is 31.3. The minimum Gasteiger partial charge on any atom is -0.325 e. The monoisotopic (exact) mass is 470 g/mol. The number of rotatable bonds is 5. The summed E-state index contributed by atoms with van der Waals surface area (Å²) in [6.07, 6.45) is 1.58. The van der Waals surface area contributed by atoms with E-state index in [1.165, 1.54) is 0 Å². The van der Waals surface area contributed by atoms with E-state index in [4.69, 9.17) is 11.6 Å². The Hall–Kier alpha value is -3.90. The van der Waals surface area contributed by atoms with Crippen molar-refractivity contribution < 1.29 is 4.79 Å². The number of aryl methyl sites for hydroxylation is 2. The van der Waals surface area contributed by atoms with Crippen LogP contribution in [0.5, 0.6) is 0 Å². The van der Waals surface area contributed by atoms with Crippen LogP contribution in [0.15, 0.2) is 77.9 Å². The lowest BCUT2D eigenvalue weighted by molar-refractivity contribution is -0.116. The van der Waals surface area contributed by atoms with E-state index in [9.17, 15) is 9.59 Å². The maximum absolute atomic E-state index is 13.6. The third-order valence-electron chi connectivity index (χ3n) is 5.95. The van der Waals surface area contributed by atoms with Crippen molar-refractivity contribution in [3.05, 3.63) is 105 Å². The lowest BCUT2D eigenvalue weighted by Gasteiger charge is -2.11. The molecule has 0 bridgehead atoms. The molecular weight excluding hydrogens is 448 g/mol. The minimum atomic E-state index is -0.248. The first-order valence-electron chi connectivity index (χ1n) is 11.0. The number of hydrogen-bond donors (Lipinski definition) is 1. The number of carbonyl (C=O) groups excluding carboxylic acids is 1. The molecule has 0 saturated carbocycles. The number of nitrogens with zero attached hydrogens (tertiary/aromatic N) is 3. The van der Waals surface area contributed by atoms with Crippen LogP contribution in [0.2, 0.25) is 5.02 Å². The molecule has 170 valence electrons. The highest BCUT2D eigenvalue weighted by atomic mass is 35.5. The second kappa shape index (κ2) is 8.80. The van der Waals surface area contributed by atoms with E-state index in [1.807, 2.05) is 68.4 Å². The van der Waals surface area contributed by atoms with Crippen LogP contribution < -0.4 is 10.9 Å². The zero-order valence-electron chi connectivity index (χ0n) is 18.9. The third-order valence-corrected chi connectivity index (χ3v) is 6.19. The number of anilines is 1. The standard InChI is InChI=1S/C27H23ClN4O2/c1-17-8-11-23-21(12-17)25-26(27(34)31(16-29-25)14-19-6-4-3-5-7-19)32(23)15-24(33)30-22-13-20(28)10-9-18(22)2/h3-13,16H,14-15H2,1-2H3,(H,30,33). The Balaban J connectivity index is 1.61. The van der Waals surface area contributed by atoms with E-state index in [2.05, 4.69) is 10.3 Å². The highest BCUT2D eigenvalue weighted by Gasteiger charge is 2.19. The molecule has 0 unspecified atom stereocenters. The fourth-order valence-electron chi connectivity index (χ4n) is 4.23. The quantitative estimate of drug-likeness (QED) is 0.378. The predicted molar refractivity (Wildman–Crippen MR) is 137 cm³/mol. The van der Waals surface area contributed by atoms with Gasteiger partial charge in [0.15, 0.2) is 0 Å². The number of halogens is 1. The van der Waals surface area contributed by atoms with E-state index in [-0.39, 0.29) is 18.0 Å². The van der Waals surface area contributed by atoms with Crippen molar-refractivity contribution in [1.82, 2.24) is 14.1 Å². The molecule has 6 nitrogen and oxygen atoms in total. The minimum absolute atomic E-state index is 0.0265. The Morgan fingerprint density at radius 3 is 2.62 bits per heavy atom. The summed E-state index contributed by atoms with van der Waals surface area (Å²) in [7, 11) is 0. The first kappa shape index (κ1) is 21.9. The van der Waals surface area contributed by atoms with Crippen LogP contribution in [0.4, 0.5) is 5.69 Å².